The van der Waals surface area contributed by atoms with E-state index in [0.717, 1.165) is 24.9 Å². The Hall–Kier alpha value is -1.72. The fraction of sp³-hybridized carbons (Fsp3) is 0.467. The zero-order chi connectivity index (χ0) is 13.9. The first-order valence-corrected chi connectivity index (χ1v) is 7.01. The van der Waals surface area contributed by atoms with Gasteiger partial charge >= 0.3 is 0 Å². The molecule has 106 valence electrons. The topological polar surface area (TPSA) is 62.4 Å². The van der Waals surface area contributed by atoms with Crippen molar-refractivity contribution in [2.24, 2.45) is 0 Å². The van der Waals surface area contributed by atoms with Crippen LogP contribution < -0.4 is 0 Å². The summed E-state index contributed by atoms with van der Waals surface area (Å²) in [7, 11) is 0. The van der Waals surface area contributed by atoms with Crippen molar-refractivity contribution in [1.82, 2.24) is 15.0 Å². The molecule has 0 spiro atoms. The van der Waals surface area contributed by atoms with E-state index in [2.05, 4.69) is 15.0 Å². The summed E-state index contributed by atoms with van der Waals surface area (Å²) in [6, 6.07) is 8.26. The van der Waals surface area contributed by atoms with Gasteiger partial charge < -0.3 is 9.63 Å². The summed E-state index contributed by atoms with van der Waals surface area (Å²) in [5.41, 5.74) is 2.14. The van der Waals surface area contributed by atoms with Gasteiger partial charge in [0.05, 0.1) is 13.2 Å². The molecule has 1 aliphatic rings. The summed E-state index contributed by atoms with van der Waals surface area (Å²) in [4.78, 5) is 6.65. The Morgan fingerprint density at radius 2 is 2.15 bits per heavy atom. The first-order chi connectivity index (χ1) is 9.76. The quantitative estimate of drug-likeness (QED) is 0.923. The van der Waals surface area contributed by atoms with Gasteiger partial charge in [-0.25, -0.2) is 0 Å². The molecule has 1 aromatic heterocycles. The molecule has 1 aliphatic heterocycles. The molecule has 0 saturated carbocycles. The summed E-state index contributed by atoms with van der Waals surface area (Å²) in [5.74, 6) is 1.24. The predicted molar refractivity (Wildman–Crippen MR) is 75.0 cm³/mol. The zero-order valence-corrected chi connectivity index (χ0v) is 11.6. The van der Waals surface area contributed by atoms with Crippen LogP contribution in [0.15, 0.2) is 28.8 Å². The first-order valence-electron chi connectivity index (χ1n) is 7.01. The lowest BCUT2D eigenvalue weighted by molar-refractivity contribution is 0.150. The van der Waals surface area contributed by atoms with Crippen molar-refractivity contribution in [1.29, 1.82) is 0 Å². The molecule has 5 heteroatoms. The minimum atomic E-state index is 0.197. The molecule has 3 rings (SSSR count). The average Bonchev–Trinajstić information content (AvgIpc) is 3.09. The second-order valence-corrected chi connectivity index (χ2v) is 5.33. The second-order valence-electron chi connectivity index (χ2n) is 5.33. The fourth-order valence-corrected chi connectivity index (χ4v) is 2.62. The number of aromatic nitrogens is 2. The number of hydrogen-bond donors (Lipinski definition) is 1. The molecule has 20 heavy (non-hydrogen) atoms. The number of aliphatic hydroxyl groups is 1. The van der Waals surface area contributed by atoms with Crippen molar-refractivity contribution in [3.63, 3.8) is 0 Å². The van der Waals surface area contributed by atoms with Gasteiger partial charge in [-0.15, -0.1) is 0 Å². The van der Waals surface area contributed by atoms with Crippen LogP contribution in [0.3, 0.4) is 0 Å². The van der Waals surface area contributed by atoms with Gasteiger partial charge in [-0.2, -0.15) is 4.98 Å². The molecule has 0 radical (unpaired) electrons. The van der Waals surface area contributed by atoms with E-state index in [1.54, 1.807) is 0 Å². The van der Waals surface area contributed by atoms with Gasteiger partial charge in [0.1, 0.15) is 0 Å². The van der Waals surface area contributed by atoms with Crippen LogP contribution in [0.5, 0.6) is 0 Å². The van der Waals surface area contributed by atoms with Crippen LogP contribution in [-0.2, 0) is 6.54 Å². The van der Waals surface area contributed by atoms with E-state index in [9.17, 15) is 5.11 Å². The molecule has 1 fully saturated rings. The first kappa shape index (κ1) is 13.3. The minimum absolute atomic E-state index is 0.197. The molecule has 0 amide bonds. The maximum atomic E-state index is 9.32. The van der Waals surface area contributed by atoms with E-state index < -0.39 is 0 Å². The lowest BCUT2D eigenvalue weighted by Gasteiger charge is -2.20. The van der Waals surface area contributed by atoms with Crippen LogP contribution in [0.2, 0.25) is 0 Å². The lowest BCUT2D eigenvalue weighted by Crippen LogP contribution is -2.31. The molecular weight excluding hydrogens is 254 g/mol. The Kier molecular flexibility index (Phi) is 3.80. The summed E-state index contributed by atoms with van der Waals surface area (Å²) in [5, 5.41) is 13.4. The largest absolute Gasteiger partial charge is 0.395 e. The van der Waals surface area contributed by atoms with Crippen LogP contribution in [0.4, 0.5) is 0 Å². The highest BCUT2D eigenvalue weighted by atomic mass is 16.5. The third-order valence-corrected chi connectivity index (χ3v) is 3.82. The number of likely N-dealkylation sites (tertiary alicyclic amines) is 1. The second kappa shape index (κ2) is 5.73. The molecule has 0 bridgehead atoms. The molecule has 1 unspecified atom stereocenters. The van der Waals surface area contributed by atoms with Crippen LogP contribution in [-0.4, -0.2) is 39.3 Å². The highest BCUT2D eigenvalue weighted by Crippen LogP contribution is 2.21. The molecule has 5 nitrogen and oxygen atoms in total. The average molecular weight is 273 g/mol. The summed E-state index contributed by atoms with van der Waals surface area (Å²) >= 11 is 0. The predicted octanol–water partition coefficient (Wildman–Crippen LogP) is 2.00. The van der Waals surface area contributed by atoms with E-state index in [1.807, 2.05) is 31.2 Å². The van der Waals surface area contributed by atoms with E-state index >= 15 is 0 Å². The van der Waals surface area contributed by atoms with Crippen molar-refractivity contribution < 1.29 is 9.63 Å². The molecule has 2 aromatic rings. The van der Waals surface area contributed by atoms with E-state index in [-0.39, 0.29) is 12.6 Å². The molecule has 1 atom stereocenters. The minimum Gasteiger partial charge on any atom is -0.395 e. The standard InChI is InChI=1S/C15H19N3O2/c1-11-4-6-12(7-5-11)15-16-14(17-20-15)9-18-8-2-3-13(18)10-19/h4-7,13,19H,2-3,8-10H2,1H3. The van der Waals surface area contributed by atoms with Gasteiger partial charge in [0, 0.05) is 11.6 Å². The highest BCUT2D eigenvalue weighted by Gasteiger charge is 2.25. The molecule has 1 N–H and O–H groups in total. The number of hydrogen-bond acceptors (Lipinski definition) is 5. The lowest BCUT2D eigenvalue weighted by atomic mass is 10.1. The summed E-state index contributed by atoms with van der Waals surface area (Å²) in [6.45, 7) is 3.87. The van der Waals surface area contributed by atoms with Gasteiger partial charge in [-0.3, -0.25) is 4.90 Å². The van der Waals surface area contributed by atoms with Crippen LogP contribution in [0.1, 0.15) is 24.2 Å². The molecule has 0 aliphatic carbocycles. The Morgan fingerprint density at radius 1 is 1.35 bits per heavy atom. The Morgan fingerprint density at radius 3 is 2.90 bits per heavy atom. The number of benzene rings is 1. The van der Waals surface area contributed by atoms with E-state index in [0.29, 0.717) is 18.3 Å². The van der Waals surface area contributed by atoms with Gasteiger partial charge in [-0.1, -0.05) is 22.9 Å². The summed E-state index contributed by atoms with van der Waals surface area (Å²) in [6.07, 6.45) is 2.16. The zero-order valence-electron chi connectivity index (χ0n) is 11.6. The molecule has 2 heterocycles. The maximum Gasteiger partial charge on any atom is 0.257 e. The third-order valence-electron chi connectivity index (χ3n) is 3.82. The Bertz CT molecular complexity index is 565. The van der Waals surface area contributed by atoms with Gasteiger partial charge in [0.25, 0.3) is 5.89 Å². The highest BCUT2D eigenvalue weighted by molar-refractivity contribution is 5.53. The Balaban J connectivity index is 1.72. The number of aliphatic hydroxyl groups excluding tert-OH is 1. The van der Waals surface area contributed by atoms with E-state index in [4.69, 9.17) is 4.52 Å². The number of aryl methyl sites for hydroxylation is 1. The number of nitrogens with zero attached hydrogens (tertiary/aromatic N) is 3. The van der Waals surface area contributed by atoms with E-state index in [1.165, 1.54) is 5.56 Å². The van der Waals surface area contributed by atoms with Crippen molar-refractivity contribution in [2.75, 3.05) is 13.2 Å². The van der Waals surface area contributed by atoms with Crippen molar-refractivity contribution in [2.45, 2.75) is 32.4 Å². The van der Waals surface area contributed by atoms with Crippen LogP contribution in [0.25, 0.3) is 11.5 Å². The monoisotopic (exact) mass is 273 g/mol. The fourth-order valence-electron chi connectivity index (χ4n) is 2.62. The third kappa shape index (κ3) is 2.73. The van der Waals surface area contributed by atoms with Crippen molar-refractivity contribution in [3.05, 3.63) is 35.7 Å². The Labute approximate surface area is 118 Å². The normalized spacial score (nSPS) is 19.6. The molecule has 1 aromatic carbocycles. The van der Waals surface area contributed by atoms with Crippen molar-refractivity contribution >= 4 is 0 Å². The molecular formula is C15H19N3O2. The van der Waals surface area contributed by atoms with Crippen molar-refractivity contribution in [3.8, 4) is 11.5 Å². The van der Waals surface area contributed by atoms with Gasteiger partial charge in [-0.05, 0) is 38.4 Å². The van der Waals surface area contributed by atoms with Gasteiger partial charge in [0.15, 0.2) is 5.82 Å². The van der Waals surface area contributed by atoms with Crippen LogP contribution >= 0.6 is 0 Å². The SMILES string of the molecule is Cc1ccc(-c2nc(CN3CCCC3CO)no2)cc1. The summed E-state index contributed by atoms with van der Waals surface area (Å²) < 4.78 is 5.32. The molecule has 1 saturated heterocycles. The smallest absolute Gasteiger partial charge is 0.257 e. The maximum absolute atomic E-state index is 9.32. The number of rotatable bonds is 4. The van der Waals surface area contributed by atoms with Crippen LogP contribution in [0, 0.1) is 6.92 Å². The van der Waals surface area contributed by atoms with Gasteiger partial charge in [0.2, 0.25) is 0 Å².